The molecule has 2 saturated carbocycles. The van der Waals surface area contributed by atoms with Crippen molar-refractivity contribution in [2.75, 3.05) is 41.5 Å². The molecule has 358 valence electrons. The van der Waals surface area contributed by atoms with Crippen LogP contribution in [-0.4, -0.2) is 123 Å². The van der Waals surface area contributed by atoms with Crippen molar-refractivity contribution in [2.45, 2.75) is 156 Å². The van der Waals surface area contributed by atoms with Gasteiger partial charge < -0.3 is 40.0 Å². The number of fused-ring (bicyclic) bond motifs is 1. The summed E-state index contributed by atoms with van der Waals surface area (Å²) < 4.78 is 18.4. The van der Waals surface area contributed by atoms with Crippen molar-refractivity contribution in [2.24, 2.45) is 46.8 Å². The van der Waals surface area contributed by atoms with E-state index >= 15 is 0 Å². The molecule has 3 aliphatic carbocycles. The molecular formula is C51H81N5O8. The lowest BCUT2D eigenvalue weighted by Gasteiger charge is -2.41. The second-order valence-corrected chi connectivity index (χ2v) is 20.6. The number of nitrogens with zero attached hydrogens (tertiary/aromatic N) is 2. The second-order valence-electron chi connectivity index (χ2n) is 20.6. The molecule has 2 bridgehead atoms. The monoisotopic (exact) mass is 892 g/mol. The molecule has 13 heteroatoms. The molecule has 5 rings (SSSR count). The third kappa shape index (κ3) is 11.8. The molecule has 0 aromatic heterocycles. The van der Waals surface area contributed by atoms with E-state index in [1.54, 1.807) is 50.6 Å². The van der Waals surface area contributed by atoms with Gasteiger partial charge in [0.1, 0.15) is 12.1 Å². The number of amides is 4. The molecule has 13 atom stereocenters. The number of allylic oxidation sites excluding steroid dienone is 2. The first kappa shape index (κ1) is 51.2. The van der Waals surface area contributed by atoms with Crippen LogP contribution in [0.25, 0.3) is 0 Å². The Balaban J connectivity index is 1.27. The maximum atomic E-state index is 14.5. The van der Waals surface area contributed by atoms with Crippen molar-refractivity contribution in [1.29, 1.82) is 0 Å². The molecule has 13 unspecified atom stereocenters. The smallest absolute Gasteiger partial charge is 0.329 e. The molecule has 3 fully saturated rings. The summed E-state index contributed by atoms with van der Waals surface area (Å²) in [5.74, 6) is -0.559. The standard InChI is InChI=1S/C51H81N5O8/c1-13-33(7)45(55(10)49(60)44(31(4)5)54-48(59)43(52-9)30(2)3)41(62-11)25-42(57)56-21-17-20-40(56)46(63-12)34(8)47(58)53-39(23-35-18-15-14-16-19-35)50(61)64-29-51-26-32(6)22-36-24-37(27-51)38(36)28-51/h14-16,18-19,22,30-34,37-41,43-46,52H,13,17,20-21,23-29H2,1-12H3,(H,53,58)(H,54,59). The van der Waals surface area contributed by atoms with Crippen LogP contribution in [-0.2, 0) is 44.6 Å². The van der Waals surface area contributed by atoms with Gasteiger partial charge in [-0.3, -0.25) is 19.2 Å². The first-order chi connectivity index (χ1) is 30.4. The van der Waals surface area contributed by atoms with Gasteiger partial charge in [-0.25, -0.2) is 4.79 Å². The van der Waals surface area contributed by atoms with Crippen molar-refractivity contribution in [1.82, 2.24) is 25.8 Å². The van der Waals surface area contributed by atoms with Gasteiger partial charge in [-0.05, 0) is 86.6 Å². The SMILES string of the molecule is CCC(C)C(C(CC(=O)N1CCCC1C(OC)C(C)C(=O)NC(Cc1ccccc1)C(=O)OCC12CC(C)C=C3CC(C1)C3C2)OC)N(C)C(=O)C(NC(=O)C(NC)C(C)C)C(C)C. The topological polar surface area (TPSA) is 156 Å². The number of rotatable bonds is 23. The molecule has 1 aromatic rings. The summed E-state index contributed by atoms with van der Waals surface area (Å²) in [7, 11) is 6.60. The van der Waals surface area contributed by atoms with Crippen molar-refractivity contribution in [3.63, 3.8) is 0 Å². The number of carbonyl (C=O) groups excluding carboxylic acids is 5. The van der Waals surface area contributed by atoms with Crippen LogP contribution in [0.1, 0.15) is 112 Å². The largest absolute Gasteiger partial charge is 0.464 e. The predicted molar refractivity (Wildman–Crippen MR) is 249 cm³/mol. The van der Waals surface area contributed by atoms with E-state index in [-0.39, 0.29) is 59.6 Å². The molecule has 1 aromatic carbocycles. The van der Waals surface area contributed by atoms with Gasteiger partial charge in [0.15, 0.2) is 0 Å². The van der Waals surface area contributed by atoms with E-state index in [0.29, 0.717) is 37.3 Å². The van der Waals surface area contributed by atoms with Crippen molar-refractivity contribution in [3.8, 4) is 0 Å². The highest BCUT2D eigenvalue weighted by Crippen LogP contribution is 2.62. The molecule has 13 nitrogen and oxygen atoms in total. The number of nitrogens with one attached hydrogen (secondary N) is 3. The summed E-state index contributed by atoms with van der Waals surface area (Å²) >= 11 is 0. The highest BCUT2D eigenvalue weighted by Gasteiger charge is 2.54. The molecule has 4 aliphatic rings. The summed E-state index contributed by atoms with van der Waals surface area (Å²) in [6.45, 7) is 16.7. The third-order valence-electron chi connectivity index (χ3n) is 15.3. The number of methoxy groups -OCH3 is 2. The number of benzene rings is 1. The van der Waals surface area contributed by atoms with Crippen LogP contribution in [0.2, 0.25) is 0 Å². The number of hydrogen-bond donors (Lipinski definition) is 3. The lowest BCUT2D eigenvalue weighted by molar-refractivity contribution is -0.153. The Morgan fingerprint density at radius 2 is 1.59 bits per heavy atom. The molecule has 64 heavy (non-hydrogen) atoms. The van der Waals surface area contributed by atoms with Gasteiger partial charge in [-0.2, -0.15) is 0 Å². The number of hydrogen-bond acceptors (Lipinski definition) is 9. The summed E-state index contributed by atoms with van der Waals surface area (Å²) in [5.41, 5.74) is 2.46. The molecule has 1 saturated heterocycles. The zero-order valence-corrected chi connectivity index (χ0v) is 41.0. The summed E-state index contributed by atoms with van der Waals surface area (Å²) in [5, 5.41) is 9.13. The summed E-state index contributed by atoms with van der Waals surface area (Å²) in [6.07, 6.45) is 7.85. The van der Waals surface area contributed by atoms with E-state index in [1.165, 1.54) is 6.42 Å². The minimum Gasteiger partial charge on any atom is -0.464 e. The Hall–Kier alpha value is -3.81. The Labute approximate surface area is 383 Å². The number of ether oxygens (including phenoxy) is 3. The lowest BCUT2D eigenvalue weighted by Crippen LogP contribution is -2.59. The molecule has 1 aliphatic heterocycles. The molecular weight excluding hydrogens is 811 g/mol. The van der Waals surface area contributed by atoms with Gasteiger partial charge >= 0.3 is 5.97 Å². The Bertz CT molecular complexity index is 1790. The van der Waals surface area contributed by atoms with Crippen LogP contribution >= 0.6 is 0 Å². The summed E-state index contributed by atoms with van der Waals surface area (Å²) in [4.78, 5) is 73.9. The maximum Gasteiger partial charge on any atom is 0.329 e. The van der Waals surface area contributed by atoms with Gasteiger partial charge in [0.05, 0.1) is 49.3 Å². The number of esters is 1. The van der Waals surface area contributed by atoms with Crippen LogP contribution < -0.4 is 16.0 Å². The quantitative estimate of drug-likeness (QED) is 0.0895. The Morgan fingerprint density at radius 1 is 0.906 bits per heavy atom. The highest BCUT2D eigenvalue weighted by atomic mass is 16.5. The van der Waals surface area contributed by atoms with Crippen molar-refractivity contribution in [3.05, 3.63) is 47.5 Å². The van der Waals surface area contributed by atoms with Crippen LogP contribution in [0.4, 0.5) is 0 Å². The zero-order valence-electron chi connectivity index (χ0n) is 41.0. The van der Waals surface area contributed by atoms with Gasteiger partial charge in [0.2, 0.25) is 23.6 Å². The highest BCUT2D eigenvalue weighted by molar-refractivity contribution is 5.90. The minimum atomic E-state index is -0.897. The van der Waals surface area contributed by atoms with Gasteiger partial charge in [0, 0.05) is 39.6 Å². The fourth-order valence-electron chi connectivity index (χ4n) is 11.7. The van der Waals surface area contributed by atoms with Crippen LogP contribution in [0.15, 0.2) is 42.0 Å². The average molecular weight is 892 g/mol. The second kappa shape index (κ2) is 22.6. The Kier molecular flexibility index (Phi) is 18.1. The van der Waals surface area contributed by atoms with Crippen LogP contribution in [0, 0.1) is 46.8 Å². The van der Waals surface area contributed by atoms with E-state index in [0.717, 1.165) is 37.7 Å². The normalized spacial score (nSPS) is 26.3. The van der Waals surface area contributed by atoms with Gasteiger partial charge in [0.25, 0.3) is 0 Å². The first-order valence-corrected chi connectivity index (χ1v) is 24.2. The lowest BCUT2D eigenvalue weighted by atomic mass is 9.69. The fourth-order valence-corrected chi connectivity index (χ4v) is 11.7. The maximum absolute atomic E-state index is 14.5. The van der Waals surface area contributed by atoms with E-state index in [9.17, 15) is 24.0 Å². The third-order valence-corrected chi connectivity index (χ3v) is 15.3. The van der Waals surface area contributed by atoms with Crippen LogP contribution in [0.5, 0.6) is 0 Å². The number of carbonyl (C=O) groups is 5. The van der Waals surface area contributed by atoms with E-state index in [4.69, 9.17) is 14.2 Å². The van der Waals surface area contributed by atoms with E-state index in [1.807, 2.05) is 71.9 Å². The van der Waals surface area contributed by atoms with Crippen molar-refractivity contribution >= 4 is 29.6 Å². The zero-order chi connectivity index (χ0) is 47.0. The number of likely N-dealkylation sites (tertiary alicyclic amines) is 1. The van der Waals surface area contributed by atoms with Gasteiger partial charge in [-0.15, -0.1) is 0 Å². The molecule has 0 spiro atoms. The first-order valence-electron chi connectivity index (χ1n) is 24.2. The average Bonchev–Trinajstić information content (AvgIpc) is 3.82. The molecule has 0 radical (unpaired) electrons. The van der Waals surface area contributed by atoms with E-state index in [2.05, 4.69) is 29.0 Å². The summed E-state index contributed by atoms with van der Waals surface area (Å²) in [6, 6.07) is 6.67. The molecule has 1 heterocycles. The predicted octanol–water partition coefficient (Wildman–Crippen LogP) is 5.94. The van der Waals surface area contributed by atoms with Crippen LogP contribution in [0.3, 0.4) is 0 Å². The van der Waals surface area contributed by atoms with Gasteiger partial charge in [-0.1, -0.05) is 104 Å². The fraction of sp³-hybridized carbons (Fsp3) is 0.745. The molecule has 4 amide bonds. The molecule has 3 N–H and O–H groups in total. The van der Waals surface area contributed by atoms with Crippen molar-refractivity contribution < 1.29 is 38.2 Å². The van der Waals surface area contributed by atoms with E-state index < -0.39 is 54.3 Å². The number of likely N-dealkylation sites (N-methyl/N-ethyl adjacent to an activating group) is 2. The Morgan fingerprint density at radius 3 is 2.20 bits per heavy atom. The minimum absolute atomic E-state index is 0.00858.